The molecule has 2 aromatic carbocycles. The molecule has 4 rings (SSSR count). The highest BCUT2D eigenvalue weighted by atomic mass is 19.1. The van der Waals surface area contributed by atoms with Gasteiger partial charge >= 0.3 is 0 Å². The molecular formula is C32H34FN9O. The van der Waals surface area contributed by atoms with Gasteiger partial charge in [0.05, 0.1) is 17.5 Å². The third kappa shape index (κ3) is 8.12. The van der Waals surface area contributed by atoms with Gasteiger partial charge in [0.2, 0.25) is 0 Å². The lowest BCUT2D eigenvalue weighted by Crippen LogP contribution is -2.32. The molecule has 1 atom stereocenters. The van der Waals surface area contributed by atoms with Gasteiger partial charge in [-0.25, -0.2) is 19.3 Å². The standard InChI is InChI=1S/C32H34FN9O/c1-20(24-9-11-26(33)12-10-24)40-21(2)27-15-23(16-34)18-39-31(27)38-17-22-5-7-25(8-6-22)28-19-37-30(35)29(41-28)32(43)36-13-14-42(3)4/h5-12,15,18-20,40H,2,13-14,17H2,1,3-4H3,(H2,35,37)(H,36,43)(H,38,39). The Hall–Kier alpha value is -5.34. The summed E-state index contributed by atoms with van der Waals surface area (Å²) in [5.74, 6) is -0.0460. The van der Waals surface area contributed by atoms with Gasteiger partial charge in [0.25, 0.3) is 5.91 Å². The van der Waals surface area contributed by atoms with Gasteiger partial charge in [0.1, 0.15) is 17.7 Å². The van der Waals surface area contributed by atoms with Gasteiger partial charge < -0.3 is 26.6 Å². The van der Waals surface area contributed by atoms with E-state index in [0.717, 1.165) is 16.7 Å². The van der Waals surface area contributed by atoms with Gasteiger partial charge in [-0.3, -0.25) is 4.79 Å². The normalized spacial score (nSPS) is 11.4. The molecule has 10 nitrogen and oxygen atoms in total. The molecule has 4 aromatic rings. The first kappa shape index (κ1) is 30.6. The van der Waals surface area contributed by atoms with Crippen LogP contribution in [0.1, 0.15) is 45.7 Å². The van der Waals surface area contributed by atoms with Gasteiger partial charge in [-0.1, -0.05) is 43.0 Å². The van der Waals surface area contributed by atoms with Crippen LogP contribution in [0.25, 0.3) is 17.0 Å². The molecule has 2 aromatic heterocycles. The Bertz CT molecular complexity index is 1630. The number of pyridine rings is 1. The summed E-state index contributed by atoms with van der Waals surface area (Å²) in [5.41, 5.74) is 10.8. The molecule has 0 bridgehead atoms. The van der Waals surface area contributed by atoms with Crippen molar-refractivity contribution in [2.75, 3.05) is 38.2 Å². The quantitative estimate of drug-likeness (QED) is 0.192. The number of hydrogen-bond acceptors (Lipinski definition) is 9. The summed E-state index contributed by atoms with van der Waals surface area (Å²) in [6, 6.07) is 17.6. The number of nitrogen functional groups attached to an aromatic ring is 1. The number of carbonyl (C=O) groups excluding carboxylic acids is 1. The molecule has 0 fully saturated rings. The van der Waals surface area contributed by atoms with Crippen LogP contribution in [-0.4, -0.2) is 52.9 Å². The topological polar surface area (TPSA) is 145 Å². The number of nitriles is 1. The zero-order chi connectivity index (χ0) is 30.9. The van der Waals surface area contributed by atoms with Crippen molar-refractivity contribution >= 4 is 23.2 Å². The number of nitrogens with one attached hydrogen (secondary N) is 3. The van der Waals surface area contributed by atoms with Crippen molar-refractivity contribution < 1.29 is 9.18 Å². The predicted octanol–water partition coefficient (Wildman–Crippen LogP) is 4.36. The van der Waals surface area contributed by atoms with E-state index in [1.54, 1.807) is 18.2 Å². The predicted molar refractivity (Wildman–Crippen MR) is 166 cm³/mol. The van der Waals surface area contributed by atoms with Crippen LogP contribution in [0.3, 0.4) is 0 Å². The van der Waals surface area contributed by atoms with E-state index in [2.05, 4.69) is 43.6 Å². The first-order chi connectivity index (χ1) is 20.6. The average Bonchev–Trinajstić information content (AvgIpc) is 3.00. The van der Waals surface area contributed by atoms with E-state index >= 15 is 0 Å². The zero-order valence-electron chi connectivity index (χ0n) is 24.4. The van der Waals surface area contributed by atoms with Crippen LogP contribution in [0.5, 0.6) is 0 Å². The fourth-order valence-corrected chi connectivity index (χ4v) is 4.23. The number of nitrogens with zero attached hydrogens (tertiary/aromatic N) is 5. The number of benzene rings is 2. The summed E-state index contributed by atoms with van der Waals surface area (Å²) in [6.45, 7) is 7.71. The first-order valence-corrected chi connectivity index (χ1v) is 13.6. The molecule has 0 aliphatic carbocycles. The molecular weight excluding hydrogens is 545 g/mol. The van der Waals surface area contributed by atoms with Gasteiger partial charge in [-0.15, -0.1) is 0 Å². The van der Waals surface area contributed by atoms with Crippen molar-refractivity contribution in [3.63, 3.8) is 0 Å². The van der Waals surface area contributed by atoms with Crippen LogP contribution in [-0.2, 0) is 6.54 Å². The molecule has 1 unspecified atom stereocenters. The fourth-order valence-electron chi connectivity index (χ4n) is 4.23. The summed E-state index contributed by atoms with van der Waals surface area (Å²) in [4.78, 5) is 27.6. The fraction of sp³-hybridized carbons (Fsp3) is 0.219. The van der Waals surface area contributed by atoms with E-state index < -0.39 is 0 Å². The number of rotatable bonds is 12. The van der Waals surface area contributed by atoms with Crippen molar-refractivity contribution in [2.45, 2.75) is 19.5 Å². The Morgan fingerprint density at radius 3 is 2.51 bits per heavy atom. The molecule has 0 aliphatic heterocycles. The second-order valence-corrected chi connectivity index (χ2v) is 10.2. The van der Waals surface area contributed by atoms with Crippen molar-refractivity contribution in [2.24, 2.45) is 0 Å². The Labute approximate surface area is 250 Å². The van der Waals surface area contributed by atoms with Crippen molar-refractivity contribution in [3.05, 3.63) is 107 Å². The van der Waals surface area contributed by atoms with Crippen LogP contribution >= 0.6 is 0 Å². The molecule has 0 saturated heterocycles. The molecule has 43 heavy (non-hydrogen) atoms. The Kier molecular flexibility index (Phi) is 9.98. The molecule has 1 amide bonds. The monoisotopic (exact) mass is 579 g/mol. The third-order valence-corrected chi connectivity index (χ3v) is 6.67. The molecule has 2 heterocycles. The SMILES string of the molecule is C=C(NC(C)c1ccc(F)cc1)c1cc(C#N)cnc1NCc1ccc(-c2cnc(N)c(C(=O)NCCN(C)C)n2)cc1. The molecule has 0 saturated carbocycles. The average molecular weight is 580 g/mol. The summed E-state index contributed by atoms with van der Waals surface area (Å²) in [7, 11) is 3.85. The van der Waals surface area contributed by atoms with E-state index in [0.29, 0.717) is 48.0 Å². The maximum absolute atomic E-state index is 13.4. The van der Waals surface area contributed by atoms with E-state index in [1.807, 2.05) is 50.2 Å². The lowest BCUT2D eigenvalue weighted by molar-refractivity contribution is 0.0947. The number of nitrogens with two attached hydrogens (primary N) is 1. The molecule has 0 aliphatic rings. The largest absolute Gasteiger partial charge is 0.382 e. The summed E-state index contributed by atoms with van der Waals surface area (Å²) < 4.78 is 13.4. The zero-order valence-corrected chi connectivity index (χ0v) is 24.4. The Morgan fingerprint density at radius 2 is 1.84 bits per heavy atom. The van der Waals surface area contributed by atoms with Crippen LogP contribution in [0.15, 0.2) is 73.6 Å². The number of hydrogen-bond donors (Lipinski definition) is 4. The smallest absolute Gasteiger partial charge is 0.273 e. The van der Waals surface area contributed by atoms with Crippen LogP contribution in [0.4, 0.5) is 16.0 Å². The number of anilines is 2. The van der Waals surface area contributed by atoms with Crippen molar-refractivity contribution in [1.29, 1.82) is 5.26 Å². The van der Waals surface area contributed by atoms with Crippen molar-refractivity contribution in [1.82, 2.24) is 30.5 Å². The minimum Gasteiger partial charge on any atom is -0.382 e. The molecule has 0 spiro atoms. The van der Waals surface area contributed by atoms with E-state index in [1.165, 1.54) is 24.5 Å². The lowest BCUT2D eigenvalue weighted by Gasteiger charge is -2.20. The lowest BCUT2D eigenvalue weighted by atomic mass is 10.1. The number of amides is 1. The van der Waals surface area contributed by atoms with E-state index in [-0.39, 0.29) is 29.3 Å². The number of halogens is 1. The molecule has 0 radical (unpaired) electrons. The Morgan fingerprint density at radius 1 is 1.12 bits per heavy atom. The second-order valence-electron chi connectivity index (χ2n) is 10.2. The minimum absolute atomic E-state index is 0.0702. The van der Waals surface area contributed by atoms with Gasteiger partial charge in [0, 0.05) is 48.7 Å². The summed E-state index contributed by atoms with van der Waals surface area (Å²) in [5, 5.41) is 18.9. The van der Waals surface area contributed by atoms with Crippen LogP contribution in [0, 0.1) is 17.1 Å². The third-order valence-electron chi connectivity index (χ3n) is 6.67. The summed E-state index contributed by atoms with van der Waals surface area (Å²) in [6.07, 6.45) is 3.04. The van der Waals surface area contributed by atoms with E-state index in [4.69, 9.17) is 5.73 Å². The molecule has 5 N–H and O–H groups in total. The molecule has 220 valence electrons. The highest BCUT2D eigenvalue weighted by Crippen LogP contribution is 2.25. The highest BCUT2D eigenvalue weighted by Gasteiger charge is 2.16. The van der Waals surface area contributed by atoms with Gasteiger partial charge in [-0.05, 0) is 50.3 Å². The second kappa shape index (κ2) is 14.0. The highest BCUT2D eigenvalue weighted by molar-refractivity contribution is 5.96. The van der Waals surface area contributed by atoms with Gasteiger partial charge in [-0.2, -0.15) is 5.26 Å². The van der Waals surface area contributed by atoms with E-state index in [9.17, 15) is 14.4 Å². The number of aromatic nitrogens is 3. The number of carbonyl (C=O) groups is 1. The maximum Gasteiger partial charge on any atom is 0.273 e. The van der Waals surface area contributed by atoms with Crippen molar-refractivity contribution in [3.8, 4) is 17.3 Å². The molecule has 11 heteroatoms. The van der Waals surface area contributed by atoms with Crippen LogP contribution in [0.2, 0.25) is 0 Å². The van der Waals surface area contributed by atoms with Gasteiger partial charge in [0.15, 0.2) is 11.5 Å². The Balaban J connectivity index is 1.45. The minimum atomic E-state index is -0.372. The number of likely N-dealkylation sites (N-methyl/N-ethyl adjacent to an activating group) is 1. The van der Waals surface area contributed by atoms with Crippen LogP contribution < -0.4 is 21.7 Å². The first-order valence-electron chi connectivity index (χ1n) is 13.6. The maximum atomic E-state index is 13.4. The summed E-state index contributed by atoms with van der Waals surface area (Å²) >= 11 is 0.